The molecular weight excluding hydrogens is 531 g/mol. The van der Waals surface area contributed by atoms with Crippen molar-refractivity contribution in [1.29, 1.82) is 0 Å². The summed E-state index contributed by atoms with van der Waals surface area (Å²) in [5, 5.41) is 3.91. The first kappa shape index (κ1) is 28.7. The largest absolute Gasteiger partial charge is 0.276 e. The zero-order chi connectivity index (χ0) is 29.3. The maximum atomic E-state index is 6.19. The molecule has 42 heavy (non-hydrogen) atoms. The lowest BCUT2D eigenvalue weighted by Crippen LogP contribution is -2.27. The molecular formula is C38H33N3S. The van der Waals surface area contributed by atoms with Gasteiger partial charge in [0.05, 0.1) is 5.70 Å². The molecule has 2 N–H and O–H groups in total. The number of allylic oxidation sites excluding steroid dienone is 12. The number of hydrogen-bond donors (Lipinski definition) is 1. The Morgan fingerprint density at radius 1 is 0.952 bits per heavy atom. The van der Waals surface area contributed by atoms with Gasteiger partial charge in [-0.05, 0) is 101 Å². The average molecular weight is 564 g/mol. The second-order valence-electron chi connectivity index (χ2n) is 9.95. The minimum atomic E-state index is 0.695. The van der Waals surface area contributed by atoms with E-state index in [2.05, 4.69) is 90.0 Å². The molecule has 0 bridgehead atoms. The molecule has 4 heteroatoms. The Balaban J connectivity index is 0.000000524. The smallest absolute Gasteiger partial charge is 0.0991 e. The van der Waals surface area contributed by atoms with Crippen molar-refractivity contribution in [2.24, 2.45) is 10.8 Å². The Labute approximate surface area is 253 Å². The van der Waals surface area contributed by atoms with Crippen LogP contribution in [0.15, 0.2) is 177 Å². The van der Waals surface area contributed by atoms with Crippen LogP contribution in [0.1, 0.15) is 37.0 Å². The van der Waals surface area contributed by atoms with Crippen LogP contribution >= 0.6 is 11.8 Å². The molecule has 3 nitrogen and oxygen atoms in total. The first-order valence-corrected chi connectivity index (χ1v) is 14.7. The van der Waals surface area contributed by atoms with Crippen molar-refractivity contribution in [2.45, 2.75) is 25.2 Å². The maximum absolute atomic E-state index is 6.19. The fourth-order valence-corrected chi connectivity index (χ4v) is 5.74. The Hall–Kier alpha value is -4.82. The van der Waals surface area contributed by atoms with Gasteiger partial charge < -0.3 is 0 Å². The SMILES string of the molecule is C=C1c2ccccc2S/C=C(/C(C)=C/C=C\C=NC2=CC=C(N(N)C3=C=CC=C3)C2)c2ccccc21.CC1=C=CC=C1. The number of nitrogens with zero attached hydrogens (tertiary/aromatic N) is 2. The van der Waals surface area contributed by atoms with Gasteiger partial charge in [-0.3, -0.25) is 10.0 Å². The highest BCUT2D eigenvalue weighted by Gasteiger charge is 2.18. The molecule has 2 aromatic carbocycles. The highest BCUT2D eigenvalue weighted by atomic mass is 32.2. The van der Waals surface area contributed by atoms with Crippen LogP contribution in [0, 0.1) is 0 Å². The van der Waals surface area contributed by atoms with E-state index in [9.17, 15) is 0 Å². The van der Waals surface area contributed by atoms with Crippen LogP contribution < -0.4 is 5.84 Å². The van der Waals surface area contributed by atoms with E-state index in [-0.39, 0.29) is 0 Å². The summed E-state index contributed by atoms with van der Waals surface area (Å²) in [6, 6.07) is 16.9. The van der Waals surface area contributed by atoms with E-state index in [1.54, 1.807) is 16.8 Å². The third kappa shape index (κ3) is 6.90. The molecule has 0 saturated carbocycles. The topological polar surface area (TPSA) is 41.6 Å². The molecule has 6 rings (SSSR count). The summed E-state index contributed by atoms with van der Waals surface area (Å²) in [7, 11) is 0. The molecule has 1 aliphatic heterocycles. The van der Waals surface area contributed by atoms with Crippen LogP contribution in [-0.2, 0) is 0 Å². The van der Waals surface area contributed by atoms with Crippen LogP contribution in [0.2, 0.25) is 0 Å². The Bertz CT molecular complexity index is 1790. The summed E-state index contributed by atoms with van der Waals surface area (Å²) in [4.78, 5) is 5.81. The first-order chi connectivity index (χ1) is 20.5. The predicted octanol–water partition coefficient (Wildman–Crippen LogP) is 9.38. The van der Waals surface area contributed by atoms with Crippen LogP contribution in [0.25, 0.3) is 11.1 Å². The highest BCUT2D eigenvalue weighted by Crippen LogP contribution is 2.41. The van der Waals surface area contributed by atoms with Crippen molar-refractivity contribution in [2.75, 3.05) is 0 Å². The molecule has 1 heterocycles. The maximum Gasteiger partial charge on any atom is 0.0991 e. The third-order valence-electron chi connectivity index (χ3n) is 7.00. The Morgan fingerprint density at radius 3 is 2.40 bits per heavy atom. The van der Waals surface area contributed by atoms with Crippen molar-refractivity contribution < 1.29 is 0 Å². The number of thioether (sulfide) groups is 1. The van der Waals surface area contributed by atoms with Crippen LogP contribution in [0.4, 0.5) is 0 Å². The van der Waals surface area contributed by atoms with Crippen molar-refractivity contribution in [1.82, 2.24) is 5.01 Å². The minimum absolute atomic E-state index is 0.695. The van der Waals surface area contributed by atoms with E-state index in [0.29, 0.717) is 6.42 Å². The number of nitrogens with two attached hydrogens (primary N) is 1. The number of aliphatic imine (C=N–C) groups is 1. The molecule has 3 aliphatic carbocycles. The fourth-order valence-electron chi connectivity index (χ4n) is 4.71. The molecule has 0 unspecified atom stereocenters. The monoisotopic (exact) mass is 563 g/mol. The summed E-state index contributed by atoms with van der Waals surface area (Å²) >= 11 is 1.74. The lowest BCUT2D eigenvalue weighted by molar-refractivity contribution is 0.456. The zero-order valence-electron chi connectivity index (χ0n) is 23.9. The second-order valence-corrected chi connectivity index (χ2v) is 10.9. The van der Waals surface area contributed by atoms with Gasteiger partial charge in [0.25, 0.3) is 0 Å². The summed E-state index contributed by atoms with van der Waals surface area (Å²) in [5.74, 6) is 6.19. The van der Waals surface area contributed by atoms with Crippen molar-refractivity contribution in [3.63, 3.8) is 0 Å². The Kier molecular flexibility index (Phi) is 9.36. The van der Waals surface area contributed by atoms with Crippen LogP contribution in [0.5, 0.6) is 0 Å². The van der Waals surface area contributed by atoms with E-state index in [4.69, 9.17) is 5.84 Å². The normalized spacial score (nSPS) is 18.0. The van der Waals surface area contributed by atoms with Gasteiger partial charge in [-0.2, -0.15) is 0 Å². The Morgan fingerprint density at radius 2 is 1.69 bits per heavy atom. The molecule has 0 saturated heterocycles. The van der Waals surface area contributed by atoms with E-state index < -0.39 is 0 Å². The van der Waals surface area contributed by atoms with Crippen molar-refractivity contribution >= 4 is 29.1 Å². The highest BCUT2D eigenvalue weighted by molar-refractivity contribution is 8.02. The van der Waals surface area contributed by atoms with Crippen LogP contribution in [-0.4, -0.2) is 11.2 Å². The van der Waals surface area contributed by atoms with Gasteiger partial charge in [-0.15, -0.1) is 5.73 Å². The molecule has 4 aliphatic rings. The number of fused-ring (bicyclic) bond motifs is 2. The molecule has 2 aromatic rings. The second kappa shape index (κ2) is 13.7. The van der Waals surface area contributed by atoms with Gasteiger partial charge in [-0.1, -0.05) is 96.9 Å². The number of rotatable bonds is 6. The summed E-state index contributed by atoms with van der Waals surface area (Å²) < 4.78 is 0. The van der Waals surface area contributed by atoms with Gasteiger partial charge in [0.15, 0.2) is 0 Å². The number of benzene rings is 2. The lowest BCUT2D eigenvalue weighted by Gasteiger charge is -2.20. The summed E-state index contributed by atoms with van der Waals surface area (Å²) in [6.07, 6.45) is 24.3. The standard InChI is InChI=1S/C32H27N3S.C6H6/c1-23(11-9-10-20-34-25-18-19-27(21-25)35(33)26-12-3-4-13-26)31-22-36-32-17-8-7-15-29(32)24(2)28-14-5-6-16-30(28)31;1-6-4-2-3-5-6/h3-12,14-20,22H,2,21,33H2,1H3;2-4H,1H3/b10-9-,23-11+,31-22-,34-20?;. The van der Waals surface area contributed by atoms with Gasteiger partial charge >= 0.3 is 0 Å². The average Bonchev–Trinajstić information content (AvgIpc) is 3.80. The molecule has 0 radical (unpaired) electrons. The molecule has 0 fully saturated rings. The predicted molar refractivity (Wildman–Crippen MR) is 180 cm³/mol. The molecule has 0 aromatic heterocycles. The third-order valence-corrected chi connectivity index (χ3v) is 7.96. The number of hydrazine groups is 1. The molecule has 0 atom stereocenters. The first-order valence-electron chi connectivity index (χ1n) is 13.8. The van der Waals surface area contributed by atoms with Crippen molar-refractivity contribution in [3.05, 3.63) is 184 Å². The van der Waals surface area contributed by atoms with Gasteiger partial charge in [0.1, 0.15) is 0 Å². The molecule has 0 spiro atoms. The summed E-state index contributed by atoms with van der Waals surface area (Å²) in [5.41, 5.74) is 17.2. The number of hydrogen-bond acceptors (Lipinski definition) is 4. The minimum Gasteiger partial charge on any atom is -0.276 e. The quantitative estimate of drug-likeness (QED) is 0.125. The van der Waals surface area contributed by atoms with Crippen LogP contribution in [0.3, 0.4) is 0 Å². The van der Waals surface area contributed by atoms with E-state index in [1.807, 2.05) is 73.9 Å². The van der Waals surface area contributed by atoms with E-state index >= 15 is 0 Å². The van der Waals surface area contributed by atoms with Crippen molar-refractivity contribution in [3.8, 4) is 0 Å². The van der Waals surface area contributed by atoms with E-state index in [1.165, 1.54) is 38.3 Å². The molecule has 206 valence electrons. The molecule has 0 amide bonds. The zero-order valence-corrected chi connectivity index (χ0v) is 24.7. The van der Waals surface area contributed by atoms with Gasteiger partial charge in [-0.25, -0.2) is 5.84 Å². The fraction of sp³-hybridized carbons (Fsp3) is 0.0789. The summed E-state index contributed by atoms with van der Waals surface area (Å²) in [6.45, 7) is 8.61. The lowest BCUT2D eigenvalue weighted by atomic mass is 9.89. The van der Waals surface area contributed by atoms with Gasteiger partial charge in [0.2, 0.25) is 0 Å². The van der Waals surface area contributed by atoms with E-state index in [0.717, 1.165) is 22.7 Å². The van der Waals surface area contributed by atoms with Gasteiger partial charge in [0, 0.05) is 28.9 Å².